The summed E-state index contributed by atoms with van der Waals surface area (Å²) in [6.45, 7) is 1.11. The molecular weight excluding hydrogens is 347 g/mol. The van der Waals surface area contributed by atoms with Crippen LogP contribution in [-0.4, -0.2) is 46.2 Å². The van der Waals surface area contributed by atoms with Gasteiger partial charge in [-0.25, -0.2) is 4.39 Å². The third-order valence-electron chi connectivity index (χ3n) is 4.70. The van der Waals surface area contributed by atoms with E-state index in [1.165, 1.54) is 12.1 Å². The number of fused-ring (bicyclic) bond motifs is 1. The summed E-state index contributed by atoms with van der Waals surface area (Å²) >= 11 is 0. The summed E-state index contributed by atoms with van der Waals surface area (Å²) in [7, 11) is 1.64. The normalized spacial score (nSPS) is 16.0. The summed E-state index contributed by atoms with van der Waals surface area (Å²) in [6.07, 6.45) is 2.43. The van der Waals surface area contributed by atoms with Crippen LogP contribution in [0.25, 0.3) is 11.3 Å². The van der Waals surface area contributed by atoms with Gasteiger partial charge in [0.25, 0.3) is 5.91 Å². The number of rotatable bonds is 6. The number of nitrogens with zero attached hydrogens (tertiary/aromatic N) is 3. The first-order chi connectivity index (χ1) is 13.2. The molecule has 1 aromatic carbocycles. The van der Waals surface area contributed by atoms with Gasteiger partial charge in [0.15, 0.2) is 0 Å². The summed E-state index contributed by atoms with van der Waals surface area (Å²) in [5, 5.41) is 7.22. The van der Waals surface area contributed by atoms with Gasteiger partial charge in [-0.3, -0.25) is 14.9 Å². The SMILES string of the molecule is COCCCN1C(=O)c2[nH]nc(-c3ccc(F)cc3)c2C1c1ccccn1. The second-order valence-corrected chi connectivity index (χ2v) is 6.37. The molecule has 0 aliphatic carbocycles. The van der Waals surface area contributed by atoms with Crippen LogP contribution in [-0.2, 0) is 4.74 Å². The highest BCUT2D eigenvalue weighted by Gasteiger charge is 2.42. The van der Waals surface area contributed by atoms with Crippen LogP contribution in [0.1, 0.15) is 34.2 Å². The van der Waals surface area contributed by atoms with Crippen molar-refractivity contribution in [1.29, 1.82) is 0 Å². The molecule has 0 spiro atoms. The number of aromatic nitrogens is 3. The molecule has 1 aliphatic rings. The van der Waals surface area contributed by atoms with E-state index in [-0.39, 0.29) is 17.8 Å². The van der Waals surface area contributed by atoms with Gasteiger partial charge in [-0.15, -0.1) is 0 Å². The summed E-state index contributed by atoms with van der Waals surface area (Å²) in [5.74, 6) is -0.429. The van der Waals surface area contributed by atoms with Crippen LogP contribution in [0, 0.1) is 5.82 Å². The van der Waals surface area contributed by atoms with Crippen LogP contribution in [0.3, 0.4) is 0 Å². The lowest BCUT2D eigenvalue weighted by atomic mass is 9.99. The molecule has 27 heavy (non-hydrogen) atoms. The number of aromatic amines is 1. The second kappa shape index (κ2) is 7.28. The van der Waals surface area contributed by atoms with Gasteiger partial charge in [0, 0.05) is 37.6 Å². The number of ether oxygens (including phenoxy) is 1. The second-order valence-electron chi connectivity index (χ2n) is 6.37. The molecule has 0 saturated carbocycles. The van der Waals surface area contributed by atoms with E-state index in [4.69, 9.17) is 4.74 Å². The van der Waals surface area contributed by atoms with Gasteiger partial charge in [-0.1, -0.05) is 6.07 Å². The molecule has 0 radical (unpaired) electrons. The van der Waals surface area contributed by atoms with Gasteiger partial charge in [-0.05, 0) is 42.8 Å². The van der Waals surface area contributed by atoms with E-state index in [9.17, 15) is 9.18 Å². The first-order valence-electron chi connectivity index (χ1n) is 8.75. The van der Waals surface area contributed by atoms with Gasteiger partial charge < -0.3 is 9.64 Å². The van der Waals surface area contributed by atoms with Crippen molar-refractivity contribution < 1.29 is 13.9 Å². The zero-order chi connectivity index (χ0) is 18.8. The lowest BCUT2D eigenvalue weighted by Crippen LogP contribution is -2.31. The van der Waals surface area contributed by atoms with E-state index in [1.54, 1.807) is 30.3 Å². The third-order valence-corrected chi connectivity index (χ3v) is 4.70. The number of hydrogen-bond acceptors (Lipinski definition) is 4. The Morgan fingerprint density at radius 3 is 2.74 bits per heavy atom. The van der Waals surface area contributed by atoms with Crippen molar-refractivity contribution in [2.45, 2.75) is 12.5 Å². The fourth-order valence-corrected chi connectivity index (χ4v) is 3.48. The smallest absolute Gasteiger partial charge is 0.273 e. The maximum absolute atomic E-state index is 13.3. The van der Waals surface area contributed by atoms with E-state index in [2.05, 4.69) is 15.2 Å². The molecule has 138 valence electrons. The molecule has 6 nitrogen and oxygen atoms in total. The van der Waals surface area contributed by atoms with Gasteiger partial charge in [0.05, 0.1) is 11.4 Å². The van der Waals surface area contributed by atoms with Crippen molar-refractivity contribution in [3.05, 3.63) is 71.4 Å². The Labute approximate surface area is 156 Å². The minimum atomic E-state index is -0.343. The number of pyridine rings is 1. The number of carbonyl (C=O) groups is 1. The van der Waals surface area contributed by atoms with E-state index < -0.39 is 0 Å². The first kappa shape index (κ1) is 17.4. The molecule has 0 bridgehead atoms. The molecule has 1 atom stereocenters. The molecule has 2 aromatic heterocycles. The molecule has 1 N–H and O–H groups in total. The highest BCUT2D eigenvalue weighted by atomic mass is 19.1. The third kappa shape index (κ3) is 3.10. The number of methoxy groups -OCH3 is 1. The minimum absolute atomic E-state index is 0.113. The topological polar surface area (TPSA) is 71.1 Å². The van der Waals surface area contributed by atoms with Crippen molar-refractivity contribution in [3.8, 4) is 11.3 Å². The molecule has 0 fully saturated rings. The monoisotopic (exact) mass is 366 g/mol. The Balaban J connectivity index is 1.80. The van der Waals surface area contributed by atoms with Crippen molar-refractivity contribution >= 4 is 5.91 Å². The lowest BCUT2D eigenvalue weighted by molar-refractivity contribution is 0.0720. The quantitative estimate of drug-likeness (QED) is 0.680. The molecular formula is C20H19FN4O2. The maximum Gasteiger partial charge on any atom is 0.273 e. The molecule has 7 heteroatoms. The zero-order valence-electron chi connectivity index (χ0n) is 14.9. The number of hydrogen-bond donors (Lipinski definition) is 1. The van der Waals surface area contributed by atoms with Crippen LogP contribution in [0.15, 0.2) is 48.7 Å². The average molecular weight is 366 g/mol. The molecule has 3 heterocycles. The van der Waals surface area contributed by atoms with Crippen molar-refractivity contribution in [1.82, 2.24) is 20.1 Å². The number of nitrogens with one attached hydrogen (secondary N) is 1. The van der Waals surface area contributed by atoms with Crippen LogP contribution in [0.4, 0.5) is 4.39 Å². The van der Waals surface area contributed by atoms with E-state index in [1.807, 2.05) is 18.2 Å². The Hall–Kier alpha value is -3.06. The highest BCUT2D eigenvalue weighted by Crippen LogP contribution is 2.42. The van der Waals surface area contributed by atoms with Crippen molar-refractivity contribution in [2.75, 3.05) is 20.3 Å². The van der Waals surface area contributed by atoms with Gasteiger partial charge >= 0.3 is 0 Å². The largest absolute Gasteiger partial charge is 0.385 e. The fourth-order valence-electron chi connectivity index (χ4n) is 3.48. The summed E-state index contributed by atoms with van der Waals surface area (Å²) < 4.78 is 18.5. The van der Waals surface area contributed by atoms with Gasteiger partial charge in [0.1, 0.15) is 17.6 Å². The first-order valence-corrected chi connectivity index (χ1v) is 8.75. The van der Waals surface area contributed by atoms with Crippen LogP contribution < -0.4 is 0 Å². The van der Waals surface area contributed by atoms with Crippen molar-refractivity contribution in [2.24, 2.45) is 0 Å². The highest BCUT2D eigenvalue weighted by molar-refractivity contribution is 6.00. The minimum Gasteiger partial charge on any atom is -0.385 e. The number of halogens is 1. The average Bonchev–Trinajstić information content (AvgIpc) is 3.23. The van der Waals surface area contributed by atoms with E-state index in [0.717, 1.165) is 23.2 Å². The fraction of sp³-hybridized carbons (Fsp3) is 0.250. The molecule has 0 saturated heterocycles. The number of amides is 1. The van der Waals surface area contributed by atoms with Gasteiger partial charge in [-0.2, -0.15) is 5.10 Å². The number of H-pyrrole nitrogens is 1. The van der Waals surface area contributed by atoms with Gasteiger partial charge in [0.2, 0.25) is 0 Å². The Morgan fingerprint density at radius 1 is 1.22 bits per heavy atom. The number of benzene rings is 1. The Morgan fingerprint density at radius 2 is 2.04 bits per heavy atom. The Bertz CT molecular complexity index is 940. The number of carbonyl (C=O) groups excluding carboxylic acids is 1. The summed E-state index contributed by atoms with van der Waals surface area (Å²) in [4.78, 5) is 19.3. The molecule has 1 unspecified atom stereocenters. The van der Waals surface area contributed by atoms with Crippen LogP contribution in [0.5, 0.6) is 0 Å². The van der Waals surface area contributed by atoms with Crippen LogP contribution in [0.2, 0.25) is 0 Å². The predicted molar refractivity (Wildman–Crippen MR) is 97.6 cm³/mol. The van der Waals surface area contributed by atoms with Crippen LogP contribution >= 0.6 is 0 Å². The lowest BCUT2D eigenvalue weighted by Gasteiger charge is -2.25. The maximum atomic E-state index is 13.3. The Kier molecular flexibility index (Phi) is 4.68. The van der Waals surface area contributed by atoms with E-state index >= 15 is 0 Å². The molecule has 3 aromatic rings. The summed E-state index contributed by atoms with van der Waals surface area (Å²) in [5.41, 5.74) is 3.40. The zero-order valence-corrected chi connectivity index (χ0v) is 14.9. The van der Waals surface area contributed by atoms with Crippen molar-refractivity contribution in [3.63, 3.8) is 0 Å². The predicted octanol–water partition coefficient (Wildman–Crippen LogP) is 3.19. The summed E-state index contributed by atoms with van der Waals surface area (Å²) in [6, 6.07) is 11.4. The molecule has 1 aliphatic heterocycles. The standard InChI is InChI=1S/C20H19FN4O2/c1-27-12-4-11-25-19(15-5-2-3-10-22-15)16-17(23-24-18(16)20(25)26)13-6-8-14(21)9-7-13/h2-3,5-10,19H,4,11-12H2,1H3,(H,23,24). The van der Waals surface area contributed by atoms with E-state index in [0.29, 0.717) is 24.5 Å². The molecule has 1 amide bonds. The molecule has 4 rings (SSSR count).